The summed E-state index contributed by atoms with van der Waals surface area (Å²) in [6.07, 6.45) is 2.69. The predicted octanol–water partition coefficient (Wildman–Crippen LogP) is 3.81. The average molecular weight is 348 g/mol. The molecule has 0 aliphatic carbocycles. The topological polar surface area (TPSA) is 115 Å². The van der Waals surface area contributed by atoms with E-state index in [1.807, 2.05) is 0 Å². The summed E-state index contributed by atoms with van der Waals surface area (Å²) in [4.78, 5) is 32.0. The van der Waals surface area contributed by atoms with Gasteiger partial charge in [-0.25, -0.2) is 0 Å². The summed E-state index contributed by atoms with van der Waals surface area (Å²) < 4.78 is 0. The SMILES string of the molecule is O=C(C=Cc1ccc(Cl)cc1)Nc1ccc([N+](=O)[O-])cc1[N+](=O)[O-]. The van der Waals surface area contributed by atoms with Gasteiger partial charge in [0.2, 0.25) is 5.91 Å². The molecule has 0 radical (unpaired) electrons. The molecular formula is C15H10ClN3O5. The zero-order chi connectivity index (χ0) is 17.7. The molecule has 0 aliphatic heterocycles. The van der Waals surface area contributed by atoms with Crippen molar-refractivity contribution in [3.8, 4) is 0 Å². The summed E-state index contributed by atoms with van der Waals surface area (Å²) in [7, 11) is 0. The molecule has 24 heavy (non-hydrogen) atoms. The molecule has 9 heteroatoms. The molecule has 0 saturated heterocycles. The largest absolute Gasteiger partial charge is 0.317 e. The van der Waals surface area contributed by atoms with E-state index in [0.717, 1.165) is 18.2 Å². The first-order valence-electron chi connectivity index (χ1n) is 6.54. The van der Waals surface area contributed by atoms with Crippen LogP contribution in [0.25, 0.3) is 6.08 Å². The first-order valence-corrected chi connectivity index (χ1v) is 6.92. The minimum absolute atomic E-state index is 0.128. The molecule has 0 bridgehead atoms. The Labute approximate surface area is 140 Å². The highest BCUT2D eigenvalue weighted by atomic mass is 35.5. The highest BCUT2D eigenvalue weighted by Crippen LogP contribution is 2.28. The molecule has 122 valence electrons. The number of nitro groups is 2. The standard InChI is InChI=1S/C15H10ClN3O5/c16-11-4-1-10(2-5-11)3-8-15(20)17-13-7-6-12(18(21)22)9-14(13)19(23)24/h1-9H,(H,17,20). The number of benzene rings is 2. The Bertz CT molecular complexity index is 834. The van der Waals surface area contributed by atoms with Gasteiger partial charge < -0.3 is 5.32 Å². The van der Waals surface area contributed by atoms with Gasteiger partial charge in [0.25, 0.3) is 11.4 Å². The van der Waals surface area contributed by atoms with E-state index in [9.17, 15) is 25.0 Å². The summed E-state index contributed by atoms with van der Waals surface area (Å²) in [6, 6.07) is 9.68. The van der Waals surface area contributed by atoms with Gasteiger partial charge in [0.15, 0.2) is 0 Å². The van der Waals surface area contributed by atoms with Crippen LogP contribution in [0, 0.1) is 20.2 Å². The molecule has 0 aliphatic rings. The summed E-state index contributed by atoms with van der Waals surface area (Å²) in [6.45, 7) is 0. The van der Waals surface area contributed by atoms with Gasteiger partial charge in [0.05, 0.1) is 15.9 Å². The third kappa shape index (κ3) is 4.37. The summed E-state index contributed by atoms with van der Waals surface area (Å²) in [5.74, 6) is -0.609. The van der Waals surface area contributed by atoms with Gasteiger partial charge in [-0.1, -0.05) is 23.7 Å². The molecule has 2 rings (SSSR count). The lowest BCUT2D eigenvalue weighted by Crippen LogP contribution is -2.09. The highest BCUT2D eigenvalue weighted by molar-refractivity contribution is 6.30. The molecule has 0 heterocycles. The lowest BCUT2D eigenvalue weighted by molar-refractivity contribution is -0.393. The summed E-state index contributed by atoms with van der Waals surface area (Å²) >= 11 is 5.75. The number of hydrogen-bond acceptors (Lipinski definition) is 5. The Morgan fingerprint density at radius 2 is 1.71 bits per heavy atom. The Kier molecular flexibility index (Phi) is 5.23. The Morgan fingerprint density at radius 1 is 1.04 bits per heavy atom. The van der Waals surface area contributed by atoms with E-state index in [1.54, 1.807) is 24.3 Å². The second kappa shape index (κ2) is 7.34. The predicted molar refractivity (Wildman–Crippen MR) is 88.9 cm³/mol. The molecule has 1 amide bonds. The second-order valence-electron chi connectivity index (χ2n) is 4.59. The van der Waals surface area contributed by atoms with Crippen LogP contribution in [0.15, 0.2) is 48.5 Å². The molecule has 2 aromatic rings. The fourth-order valence-electron chi connectivity index (χ4n) is 1.81. The van der Waals surface area contributed by atoms with E-state index >= 15 is 0 Å². The number of nitro benzene ring substituents is 2. The Hall–Kier alpha value is -3.26. The fraction of sp³-hybridized carbons (Fsp3) is 0. The maximum Gasteiger partial charge on any atom is 0.299 e. The number of non-ortho nitro benzene ring substituents is 1. The monoisotopic (exact) mass is 347 g/mol. The lowest BCUT2D eigenvalue weighted by Gasteiger charge is -2.03. The summed E-state index contributed by atoms with van der Waals surface area (Å²) in [5, 5.41) is 24.5. The number of carbonyl (C=O) groups excluding carboxylic acids is 1. The Balaban J connectivity index is 2.17. The third-order valence-corrected chi connectivity index (χ3v) is 3.20. The van der Waals surface area contributed by atoms with Crippen LogP contribution in [0.2, 0.25) is 5.02 Å². The van der Waals surface area contributed by atoms with E-state index in [0.29, 0.717) is 10.6 Å². The van der Waals surface area contributed by atoms with Gasteiger partial charge in [-0.2, -0.15) is 0 Å². The molecule has 0 fully saturated rings. The zero-order valence-electron chi connectivity index (χ0n) is 12.0. The van der Waals surface area contributed by atoms with Crippen molar-refractivity contribution in [1.82, 2.24) is 0 Å². The zero-order valence-corrected chi connectivity index (χ0v) is 12.8. The number of rotatable bonds is 5. The first-order chi connectivity index (χ1) is 11.4. The van der Waals surface area contributed by atoms with Crippen molar-refractivity contribution in [3.05, 3.63) is 79.4 Å². The van der Waals surface area contributed by atoms with Crippen LogP contribution in [0.5, 0.6) is 0 Å². The van der Waals surface area contributed by atoms with E-state index in [4.69, 9.17) is 11.6 Å². The van der Waals surface area contributed by atoms with Crippen molar-refractivity contribution in [2.45, 2.75) is 0 Å². The first kappa shape index (κ1) is 17.1. The molecule has 0 saturated carbocycles. The van der Waals surface area contributed by atoms with E-state index < -0.39 is 27.1 Å². The van der Waals surface area contributed by atoms with Crippen LogP contribution in [0.3, 0.4) is 0 Å². The van der Waals surface area contributed by atoms with E-state index in [-0.39, 0.29) is 5.69 Å². The number of halogens is 1. The minimum atomic E-state index is -0.800. The lowest BCUT2D eigenvalue weighted by atomic mass is 10.2. The fourth-order valence-corrected chi connectivity index (χ4v) is 1.94. The van der Waals surface area contributed by atoms with Crippen LogP contribution < -0.4 is 5.32 Å². The van der Waals surface area contributed by atoms with E-state index in [1.165, 1.54) is 12.2 Å². The van der Waals surface area contributed by atoms with Crippen LogP contribution >= 0.6 is 11.6 Å². The molecule has 1 N–H and O–H groups in total. The smallest absolute Gasteiger partial charge is 0.299 e. The molecular weight excluding hydrogens is 338 g/mol. The van der Waals surface area contributed by atoms with Gasteiger partial charge in [-0.3, -0.25) is 25.0 Å². The van der Waals surface area contributed by atoms with Gasteiger partial charge in [-0.05, 0) is 29.8 Å². The minimum Gasteiger partial charge on any atom is -0.317 e. The van der Waals surface area contributed by atoms with Gasteiger partial charge in [0.1, 0.15) is 5.69 Å². The van der Waals surface area contributed by atoms with Crippen molar-refractivity contribution in [3.63, 3.8) is 0 Å². The third-order valence-electron chi connectivity index (χ3n) is 2.94. The molecule has 0 aromatic heterocycles. The van der Waals surface area contributed by atoms with E-state index in [2.05, 4.69) is 5.32 Å². The average Bonchev–Trinajstić information content (AvgIpc) is 2.54. The number of carbonyl (C=O) groups is 1. The number of nitrogens with one attached hydrogen (secondary N) is 1. The quantitative estimate of drug-likeness (QED) is 0.501. The molecule has 0 atom stereocenters. The number of nitrogens with zero attached hydrogens (tertiary/aromatic N) is 2. The van der Waals surface area contributed by atoms with Crippen LogP contribution in [0.4, 0.5) is 17.1 Å². The van der Waals surface area contributed by atoms with Gasteiger partial charge in [0, 0.05) is 17.2 Å². The van der Waals surface area contributed by atoms with Gasteiger partial charge in [-0.15, -0.1) is 0 Å². The molecule has 2 aromatic carbocycles. The van der Waals surface area contributed by atoms with Crippen molar-refractivity contribution < 1.29 is 14.6 Å². The molecule has 8 nitrogen and oxygen atoms in total. The normalized spacial score (nSPS) is 10.5. The Morgan fingerprint density at radius 3 is 2.29 bits per heavy atom. The van der Waals surface area contributed by atoms with Crippen molar-refractivity contribution in [2.75, 3.05) is 5.32 Å². The second-order valence-corrected chi connectivity index (χ2v) is 5.03. The van der Waals surface area contributed by atoms with Gasteiger partial charge >= 0.3 is 0 Å². The van der Waals surface area contributed by atoms with Crippen LogP contribution in [-0.2, 0) is 4.79 Å². The number of amides is 1. The highest BCUT2D eigenvalue weighted by Gasteiger charge is 2.20. The summed E-state index contributed by atoms with van der Waals surface area (Å²) in [5.41, 5.74) is -0.405. The number of hydrogen-bond donors (Lipinski definition) is 1. The van der Waals surface area contributed by atoms with Crippen molar-refractivity contribution >= 4 is 40.6 Å². The van der Waals surface area contributed by atoms with Crippen LogP contribution in [-0.4, -0.2) is 15.8 Å². The molecule has 0 spiro atoms. The maximum absolute atomic E-state index is 11.9. The number of anilines is 1. The van der Waals surface area contributed by atoms with Crippen LogP contribution in [0.1, 0.15) is 5.56 Å². The van der Waals surface area contributed by atoms with Crippen molar-refractivity contribution in [1.29, 1.82) is 0 Å². The molecule has 0 unspecified atom stereocenters. The maximum atomic E-state index is 11.9. The van der Waals surface area contributed by atoms with Crippen molar-refractivity contribution in [2.24, 2.45) is 0 Å².